The highest BCUT2D eigenvalue weighted by Crippen LogP contribution is 2.19. The maximum absolute atomic E-state index is 11.4. The second-order valence-corrected chi connectivity index (χ2v) is 3.72. The first kappa shape index (κ1) is 12.5. The molecule has 0 aliphatic heterocycles. The quantitative estimate of drug-likeness (QED) is 0.849. The molecule has 0 saturated heterocycles. The van der Waals surface area contributed by atoms with Gasteiger partial charge in [-0.25, -0.2) is 4.79 Å². The fourth-order valence-electron chi connectivity index (χ4n) is 1.08. The fraction of sp³-hybridized carbons (Fsp3) is 0.273. The number of anilines is 1. The van der Waals surface area contributed by atoms with Crippen molar-refractivity contribution in [2.45, 2.75) is 13.3 Å². The van der Waals surface area contributed by atoms with Crippen molar-refractivity contribution in [2.24, 2.45) is 0 Å². The second-order valence-electron chi connectivity index (χ2n) is 3.31. The molecule has 1 aromatic carbocycles. The Bertz CT molecular complexity index is 393. The van der Waals surface area contributed by atoms with Crippen LogP contribution >= 0.6 is 11.6 Å². The Morgan fingerprint density at radius 1 is 1.31 bits per heavy atom. The monoisotopic (exact) mass is 240 g/mol. The van der Waals surface area contributed by atoms with E-state index >= 15 is 0 Å². The number of urea groups is 1. The highest BCUT2D eigenvalue weighted by atomic mass is 35.5. The van der Waals surface area contributed by atoms with Gasteiger partial charge in [-0.1, -0.05) is 23.7 Å². The largest absolute Gasteiger partial charge is 0.337 e. The molecular weight excluding hydrogens is 228 g/mol. The van der Waals surface area contributed by atoms with Crippen LogP contribution in [0.2, 0.25) is 5.02 Å². The molecule has 0 aromatic heterocycles. The molecule has 0 spiro atoms. The van der Waals surface area contributed by atoms with Crippen molar-refractivity contribution < 1.29 is 9.59 Å². The number of halogens is 1. The number of carbonyl (C=O) groups is 2. The zero-order valence-corrected chi connectivity index (χ0v) is 9.67. The lowest BCUT2D eigenvalue weighted by Gasteiger charge is -2.07. The van der Waals surface area contributed by atoms with Crippen molar-refractivity contribution in [2.75, 3.05) is 11.9 Å². The topological polar surface area (TPSA) is 58.2 Å². The summed E-state index contributed by atoms with van der Waals surface area (Å²) < 4.78 is 0. The molecule has 0 radical (unpaired) electrons. The van der Waals surface area contributed by atoms with E-state index < -0.39 is 0 Å². The van der Waals surface area contributed by atoms with E-state index in [1.54, 1.807) is 24.3 Å². The van der Waals surface area contributed by atoms with E-state index in [4.69, 9.17) is 11.6 Å². The highest BCUT2D eigenvalue weighted by Gasteiger charge is 2.04. The minimum absolute atomic E-state index is 0.0399. The number of hydrogen-bond donors (Lipinski definition) is 2. The van der Waals surface area contributed by atoms with E-state index in [1.165, 1.54) is 6.92 Å². The van der Waals surface area contributed by atoms with Crippen LogP contribution in [-0.4, -0.2) is 18.4 Å². The van der Waals surface area contributed by atoms with Crippen molar-refractivity contribution in [3.8, 4) is 0 Å². The van der Waals surface area contributed by atoms with Gasteiger partial charge >= 0.3 is 6.03 Å². The van der Waals surface area contributed by atoms with Crippen LogP contribution in [0.4, 0.5) is 10.5 Å². The van der Waals surface area contributed by atoms with Gasteiger partial charge in [0.1, 0.15) is 5.78 Å². The van der Waals surface area contributed by atoms with Crippen molar-refractivity contribution in [3.05, 3.63) is 29.3 Å². The standard InChI is InChI=1S/C11H13ClN2O2/c1-8(15)6-7-13-11(16)14-10-5-3-2-4-9(10)12/h2-5H,6-7H2,1H3,(H2,13,14,16). The first-order chi connectivity index (χ1) is 7.59. The molecule has 16 heavy (non-hydrogen) atoms. The Morgan fingerprint density at radius 3 is 2.62 bits per heavy atom. The first-order valence-electron chi connectivity index (χ1n) is 4.88. The first-order valence-corrected chi connectivity index (χ1v) is 5.26. The summed E-state index contributed by atoms with van der Waals surface area (Å²) in [5, 5.41) is 5.63. The van der Waals surface area contributed by atoms with Gasteiger partial charge in [0.15, 0.2) is 0 Å². The molecule has 0 atom stereocenters. The van der Waals surface area contributed by atoms with Crippen molar-refractivity contribution in [1.82, 2.24) is 5.32 Å². The highest BCUT2D eigenvalue weighted by molar-refractivity contribution is 6.33. The number of nitrogens with one attached hydrogen (secondary N) is 2. The van der Waals surface area contributed by atoms with Gasteiger partial charge in [0, 0.05) is 13.0 Å². The zero-order chi connectivity index (χ0) is 12.0. The number of benzene rings is 1. The molecule has 0 fully saturated rings. The zero-order valence-electron chi connectivity index (χ0n) is 8.92. The lowest BCUT2D eigenvalue weighted by atomic mass is 10.3. The fourth-order valence-corrected chi connectivity index (χ4v) is 1.26. The number of para-hydroxylation sites is 1. The number of Topliss-reactive ketones (excluding diaryl/α,β-unsaturated/α-hetero) is 1. The van der Waals surface area contributed by atoms with Crippen molar-refractivity contribution >= 4 is 29.1 Å². The second kappa shape index (κ2) is 6.12. The number of rotatable bonds is 4. The van der Waals surface area contributed by atoms with E-state index in [0.717, 1.165) is 0 Å². The van der Waals surface area contributed by atoms with Crippen LogP contribution in [0.15, 0.2) is 24.3 Å². The summed E-state index contributed by atoms with van der Waals surface area (Å²) in [7, 11) is 0. The van der Waals surface area contributed by atoms with Crippen LogP contribution in [0.25, 0.3) is 0 Å². The smallest absolute Gasteiger partial charge is 0.319 e. The third-order valence-corrected chi connectivity index (χ3v) is 2.21. The summed E-state index contributed by atoms with van der Waals surface area (Å²) in [5.41, 5.74) is 0.546. The van der Waals surface area contributed by atoms with Gasteiger partial charge in [0.2, 0.25) is 0 Å². The molecule has 0 bridgehead atoms. The molecule has 0 heterocycles. The predicted molar refractivity (Wildman–Crippen MR) is 63.8 cm³/mol. The summed E-state index contributed by atoms with van der Waals surface area (Å²) in [6.07, 6.45) is 0.329. The van der Waals surface area contributed by atoms with Gasteiger partial charge in [-0.15, -0.1) is 0 Å². The molecule has 86 valence electrons. The van der Waals surface area contributed by atoms with Crippen LogP contribution in [0, 0.1) is 0 Å². The predicted octanol–water partition coefficient (Wildman–Crippen LogP) is 2.44. The van der Waals surface area contributed by atoms with Crippen LogP contribution in [-0.2, 0) is 4.79 Å². The molecule has 0 aliphatic rings. The molecule has 1 rings (SSSR count). The normalized spacial score (nSPS) is 9.62. The average molecular weight is 241 g/mol. The Hall–Kier alpha value is -1.55. The van der Waals surface area contributed by atoms with Crippen molar-refractivity contribution in [3.63, 3.8) is 0 Å². The number of carbonyl (C=O) groups excluding carboxylic acids is 2. The van der Waals surface area contributed by atoms with Crippen LogP contribution in [0.5, 0.6) is 0 Å². The SMILES string of the molecule is CC(=O)CCNC(=O)Nc1ccccc1Cl. The Labute approximate surface area is 99.0 Å². The summed E-state index contributed by atoms with van der Waals surface area (Å²) in [5.74, 6) is 0.0399. The molecule has 5 heteroatoms. The maximum atomic E-state index is 11.4. The third kappa shape index (κ3) is 4.31. The molecule has 0 saturated carbocycles. The Kier molecular flexibility index (Phi) is 4.79. The maximum Gasteiger partial charge on any atom is 0.319 e. The van der Waals surface area contributed by atoms with E-state index in [-0.39, 0.29) is 11.8 Å². The Morgan fingerprint density at radius 2 is 2.00 bits per heavy atom. The molecule has 2 N–H and O–H groups in total. The van der Waals surface area contributed by atoms with Gasteiger partial charge in [0.05, 0.1) is 10.7 Å². The number of hydrogen-bond acceptors (Lipinski definition) is 2. The van der Waals surface area contributed by atoms with E-state index in [0.29, 0.717) is 23.7 Å². The molecule has 2 amide bonds. The summed E-state index contributed by atoms with van der Waals surface area (Å²) in [6.45, 7) is 1.80. The van der Waals surface area contributed by atoms with Crippen LogP contribution < -0.4 is 10.6 Å². The molecule has 0 aliphatic carbocycles. The summed E-state index contributed by atoms with van der Waals surface area (Å²) >= 11 is 5.86. The average Bonchev–Trinajstić information content (AvgIpc) is 2.21. The van der Waals surface area contributed by atoms with Gasteiger partial charge in [-0.05, 0) is 19.1 Å². The Balaban J connectivity index is 2.40. The van der Waals surface area contributed by atoms with E-state index in [1.807, 2.05) is 0 Å². The summed E-state index contributed by atoms with van der Waals surface area (Å²) in [6, 6.07) is 6.58. The molecule has 0 unspecified atom stereocenters. The lowest BCUT2D eigenvalue weighted by molar-refractivity contribution is -0.116. The van der Waals surface area contributed by atoms with E-state index in [2.05, 4.69) is 10.6 Å². The van der Waals surface area contributed by atoms with Gasteiger partial charge in [-0.3, -0.25) is 4.79 Å². The van der Waals surface area contributed by atoms with Crippen molar-refractivity contribution in [1.29, 1.82) is 0 Å². The minimum atomic E-state index is -0.366. The van der Waals surface area contributed by atoms with E-state index in [9.17, 15) is 9.59 Å². The van der Waals surface area contributed by atoms with Gasteiger partial charge in [0.25, 0.3) is 0 Å². The van der Waals surface area contributed by atoms with Gasteiger partial charge < -0.3 is 10.6 Å². The third-order valence-electron chi connectivity index (χ3n) is 1.88. The minimum Gasteiger partial charge on any atom is -0.337 e. The molecule has 4 nitrogen and oxygen atoms in total. The summed E-state index contributed by atoms with van der Waals surface area (Å²) in [4.78, 5) is 22.0. The van der Waals surface area contributed by atoms with Crippen LogP contribution in [0.3, 0.4) is 0 Å². The number of amides is 2. The lowest BCUT2D eigenvalue weighted by Crippen LogP contribution is -2.30. The number of ketones is 1. The van der Waals surface area contributed by atoms with Gasteiger partial charge in [-0.2, -0.15) is 0 Å². The molecule has 1 aromatic rings. The molecular formula is C11H13ClN2O2. The van der Waals surface area contributed by atoms with Crippen LogP contribution in [0.1, 0.15) is 13.3 Å².